The Morgan fingerprint density at radius 2 is 1.75 bits per heavy atom. The van der Waals surface area contributed by atoms with Crippen molar-refractivity contribution in [2.75, 3.05) is 0 Å². The first kappa shape index (κ1) is 7.96. The minimum absolute atomic E-state index is 0.178. The molecule has 0 radical (unpaired) electrons. The van der Waals surface area contributed by atoms with Crippen molar-refractivity contribution in [1.82, 2.24) is 0 Å². The van der Waals surface area contributed by atoms with Crippen molar-refractivity contribution in [1.29, 1.82) is 0 Å². The molecule has 0 rings (SSSR count). The first-order valence-corrected chi connectivity index (χ1v) is 5.02. The fourth-order valence-electron chi connectivity index (χ4n) is 0.625. The Bertz CT molecular complexity index is 88.6. The van der Waals surface area contributed by atoms with Crippen LogP contribution in [0.2, 0.25) is 6.04 Å². The second kappa shape index (κ2) is 3.90. The van der Waals surface area contributed by atoms with Crippen molar-refractivity contribution >= 4 is 9.52 Å². The second-order valence-corrected chi connectivity index (χ2v) is 5.09. The monoisotopic (exact) mass is 128 g/mol. The summed E-state index contributed by atoms with van der Waals surface area (Å²) in [5.74, 6) is 0. The van der Waals surface area contributed by atoms with Crippen molar-refractivity contribution in [3.63, 3.8) is 0 Å². The Balaban J connectivity index is 3.62. The minimum atomic E-state index is 0.178. The zero-order valence-electron chi connectivity index (χ0n) is 6.41. The number of hydrogen-bond donors (Lipinski definition) is 0. The smallest absolute Gasteiger partial charge is 0.0488 e. The maximum atomic E-state index is 2.28. The molecular weight excluding hydrogens is 112 g/mol. The standard InChI is InChI=1S/C7H16Si/c1-5-8-7(4)6(2)3/h5,8H2,1-4H3. The van der Waals surface area contributed by atoms with Gasteiger partial charge in [-0.3, -0.25) is 0 Å². The third-order valence-corrected chi connectivity index (χ3v) is 3.44. The Kier molecular flexibility index (Phi) is 3.88. The van der Waals surface area contributed by atoms with Crippen LogP contribution in [0.5, 0.6) is 0 Å². The van der Waals surface area contributed by atoms with Crippen LogP contribution in [-0.4, -0.2) is 9.52 Å². The van der Waals surface area contributed by atoms with Crippen molar-refractivity contribution in [2.24, 2.45) is 0 Å². The summed E-state index contributed by atoms with van der Waals surface area (Å²) in [5, 5.41) is 1.69. The van der Waals surface area contributed by atoms with Gasteiger partial charge in [-0.25, -0.2) is 0 Å². The van der Waals surface area contributed by atoms with Crippen LogP contribution in [0.15, 0.2) is 10.8 Å². The first-order valence-electron chi connectivity index (χ1n) is 3.31. The SMILES string of the molecule is CC[SiH2]C(C)=C(C)C. The molecule has 0 bridgehead atoms. The normalized spacial score (nSPS) is 10.5. The molecule has 0 heterocycles. The molecule has 0 saturated carbocycles. The quantitative estimate of drug-likeness (QED) is 0.498. The summed E-state index contributed by atoms with van der Waals surface area (Å²) in [6.45, 7) is 8.96. The lowest BCUT2D eigenvalue weighted by Gasteiger charge is -1.97. The Morgan fingerprint density at radius 1 is 1.25 bits per heavy atom. The van der Waals surface area contributed by atoms with E-state index in [9.17, 15) is 0 Å². The lowest BCUT2D eigenvalue weighted by atomic mass is 10.3. The van der Waals surface area contributed by atoms with Crippen LogP contribution in [-0.2, 0) is 0 Å². The summed E-state index contributed by atoms with van der Waals surface area (Å²) in [5.41, 5.74) is 1.54. The molecule has 8 heavy (non-hydrogen) atoms. The van der Waals surface area contributed by atoms with Crippen molar-refractivity contribution in [3.8, 4) is 0 Å². The predicted octanol–water partition coefficient (Wildman–Crippen LogP) is 1.91. The highest BCUT2D eigenvalue weighted by Gasteiger charge is 1.88. The topological polar surface area (TPSA) is 0 Å². The molecule has 0 aliphatic carbocycles. The lowest BCUT2D eigenvalue weighted by Crippen LogP contribution is -1.90. The summed E-state index contributed by atoms with van der Waals surface area (Å²) < 4.78 is 0. The molecule has 0 aromatic carbocycles. The highest BCUT2D eigenvalue weighted by Crippen LogP contribution is 2.00. The molecule has 0 N–H and O–H groups in total. The largest absolute Gasteiger partial charge is 0.0923 e. The van der Waals surface area contributed by atoms with E-state index in [1.54, 1.807) is 10.8 Å². The summed E-state index contributed by atoms with van der Waals surface area (Å²) in [6, 6.07) is 1.41. The van der Waals surface area contributed by atoms with Gasteiger partial charge in [-0.2, -0.15) is 0 Å². The molecule has 1 heteroatoms. The summed E-state index contributed by atoms with van der Waals surface area (Å²) in [6.07, 6.45) is 0. The van der Waals surface area contributed by atoms with Gasteiger partial charge < -0.3 is 0 Å². The minimum Gasteiger partial charge on any atom is -0.0923 e. The first-order chi connectivity index (χ1) is 3.68. The zero-order valence-corrected chi connectivity index (χ0v) is 7.83. The van der Waals surface area contributed by atoms with Crippen molar-refractivity contribution in [3.05, 3.63) is 10.8 Å². The van der Waals surface area contributed by atoms with E-state index in [2.05, 4.69) is 27.7 Å². The van der Waals surface area contributed by atoms with E-state index >= 15 is 0 Å². The fourth-order valence-corrected chi connectivity index (χ4v) is 1.87. The molecule has 0 unspecified atom stereocenters. The molecule has 0 aromatic heterocycles. The lowest BCUT2D eigenvalue weighted by molar-refractivity contribution is 1.32. The van der Waals surface area contributed by atoms with Gasteiger partial charge in [-0.1, -0.05) is 23.7 Å². The molecule has 0 atom stereocenters. The summed E-state index contributed by atoms with van der Waals surface area (Å²) in [4.78, 5) is 0. The van der Waals surface area contributed by atoms with Gasteiger partial charge in [0.2, 0.25) is 0 Å². The van der Waals surface area contributed by atoms with Gasteiger partial charge in [0, 0.05) is 9.52 Å². The van der Waals surface area contributed by atoms with Gasteiger partial charge in [0.15, 0.2) is 0 Å². The van der Waals surface area contributed by atoms with Gasteiger partial charge >= 0.3 is 0 Å². The molecule has 0 fully saturated rings. The van der Waals surface area contributed by atoms with Crippen LogP contribution in [0.4, 0.5) is 0 Å². The maximum absolute atomic E-state index is 2.28. The molecule has 0 amide bonds. The van der Waals surface area contributed by atoms with E-state index in [1.165, 1.54) is 6.04 Å². The summed E-state index contributed by atoms with van der Waals surface area (Å²) in [7, 11) is 0.178. The molecule has 0 spiro atoms. The summed E-state index contributed by atoms with van der Waals surface area (Å²) >= 11 is 0. The molecule has 0 aliphatic heterocycles. The van der Waals surface area contributed by atoms with Crippen LogP contribution in [0.3, 0.4) is 0 Å². The van der Waals surface area contributed by atoms with Crippen LogP contribution < -0.4 is 0 Å². The number of rotatable bonds is 2. The highest BCUT2D eigenvalue weighted by atomic mass is 28.2. The van der Waals surface area contributed by atoms with Gasteiger partial charge in [-0.05, 0) is 20.8 Å². The van der Waals surface area contributed by atoms with Gasteiger partial charge in [-0.15, -0.1) is 0 Å². The van der Waals surface area contributed by atoms with E-state index in [4.69, 9.17) is 0 Å². The third-order valence-electron chi connectivity index (χ3n) is 1.48. The average Bonchev–Trinajstić information content (AvgIpc) is 1.67. The third kappa shape index (κ3) is 3.02. The molecule has 0 aromatic rings. The molecule has 0 aliphatic rings. The molecule has 0 saturated heterocycles. The van der Waals surface area contributed by atoms with E-state index in [-0.39, 0.29) is 9.52 Å². The van der Waals surface area contributed by atoms with Crippen LogP contribution in [0, 0.1) is 0 Å². The Labute approximate surface area is 54.8 Å². The second-order valence-electron chi connectivity index (χ2n) is 2.53. The van der Waals surface area contributed by atoms with E-state index in [1.807, 2.05) is 0 Å². The predicted molar refractivity (Wildman–Crippen MR) is 43.1 cm³/mol. The van der Waals surface area contributed by atoms with Crippen LogP contribution >= 0.6 is 0 Å². The van der Waals surface area contributed by atoms with Crippen LogP contribution in [0.25, 0.3) is 0 Å². The molecular formula is C7H16Si. The van der Waals surface area contributed by atoms with Crippen molar-refractivity contribution < 1.29 is 0 Å². The Morgan fingerprint density at radius 3 is 1.88 bits per heavy atom. The fraction of sp³-hybridized carbons (Fsp3) is 0.714. The van der Waals surface area contributed by atoms with Crippen molar-refractivity contribution in [2.45, 2.75) is 33.7 Å². The van der Waals surface area contributed by atoms with Crippen LogP contribution in [0.1, 0.15) is 27.7 Å². The molecule has 48 valence electrons. The maximum Gasteiger partial charge on any atom is 0.0488 e. The van der Waals surface area contributed by atoms with E-state index in [0.717, 1.165) is 0 Å². The number of allylic oxidation sites excluding steroid dienone is 2. The van der Waals surface area contributed by atoms with Gasteiger partial charge in [0.1, 0.15) is 0 Å². The number of hydrogen-bond acceptors (Lipinski definition) is 0. The van der Waals surface area contributed by atoms with E-state index < -0.39 is 0 Å². The average molecular weight is 128 g/mol. The van der Waals surface area contributed by atoms with E-state index in [0.29, 0.717) is 0 Å². The molecule has 0 nitrogen and oxygen atoms in total. The Hall–Kier alpha value is -0.0431. The highest BCUT2D eigenvalue weighted by molar-refractivity contribution is 6.45. The van der Waals surface area contributed by atoms with Gasteiger partial charge in [0.05, 0.1) is 0 Å². The zero-order chi connectivity index (χ0) is 6.57. The van der Waals surface area contributed by atoms with Gasteiger partial charge in [0.25, 0.3) is 0 Å².